The minimum Gasteiger partial charge on any atom is -0.481 e. The smallest absolute Gasteiger partial charge is 0.315 e. The van der Waals surface area contributed by atoms with Gasteiger partial charge >= 0.3 is 5.97 Å². The van der Waals surface area contributed by atoms with Crippen LogP contribution in [0.4, 0.5) is 0 Å². The third-order valence-electron chi connectivity index (χ3n) is 3.00. The van der Waals surface area contributed by atoms with Gasteiger partial charge in [0.05, 0.1) is 10.7 Å². The second kappa shape index (κ2) is 5.31. The highest BCUT2D eigenvalue weighted by Crippen LogP contribution is 2.26. The van der Waals surface area contributed by atoms with Gasteiger partial charge in [-0.1, -0.05) is 23.7 Å². The molecule has 0 aliphatic carbocycles. The molecule has 0 amide bonds. The number of carbonyl (C=O) groups is 1. The molecule has 0 aliphatic heterocycles. The second-order valence-electron chi connectivity index (χ2n) is 4.86. The van der Waals surface area contributed by atoms with Gasteiger partial charge in [0.1, 0.15) is 5.41 Å². The molecule has 1 aromatic heterocycles. The van der Waals surface area contributed by atoms with Gasteiger partial charge in [-0.3, -0.25) is 4.79 Å². The largest absolute Gasteiger partial charge is 0.481 e. The normalized spacial score (nSPS) is 11.5. The summed E-state index contributed by atoms with van der Waals surface area (Å²) in [5, 5.41) is 12.6. The maximum atomic E-state index is 11.2. The first-order valence-corrected chi connectivity index (χ1v) is 7.08. The van der Waals surface area contributed by atoms with Crippen molar-refractivity contribution in [2.75, 3.05) is 0 Å². The second-order valence-corrected chi connectivity index (χ2v) is 6.24. The van der Waals surface area contributed by atoms with Gasteiger partial charge in [-0.25, -0.2) is 4.98 Å². The van der Waals surface area contributed by atoms with Gasteiger partial charge in [-0.2, -0.15) is 0 Å². The maximum absolute atomic E-state index is 11.2. The van der Waals surface area contributed by atoms with Gasteiger partial charge in [-0.05, 0) is 31.5 Å². The van der Waals surface area contributed by atoms with Crippen LogP contribution >= 0.6 is 22.9 Å². The fourth-order valence-corrected chi connectivity index (χ4v) is 2.69. The van der Waals surface area contributed by atoms with Crippen molar-refractivity contribution in [2.24, 2.45) is 0 Å². The maximum Gasteiger partial charge on any atom is 0.315 e. The summed E-state index contributed by atoms with van der Waals surface area (Å²) in [5.74, 6) is -0.865. The lowest BCUT2D eigenvalue weighted by atomic mass is 9.90. The van der Waals surface area contributed by atoms with E-state index in [1.165, 1.54) is 11.3 Å². The van der Waals surface area contributed by atoms with Crippen LogP contribution in [0.5, 0.6) is 0 Å². The van der Waals surface area contributed by atoms with E-state index in [2.05, 4.69) is 4.98 Å². The number of rotatable bonds is 4. The molecule has 3 nitrogen and oxygen atoms in total. The molecule has 0 fully saturated rings. The summed E-state index contributed by atoms with van der Waals surface area (Å²) in [6.07, 6.45) is 0.692. The highest BCUT2D eigenvalue weighted by Gasteiger charge is 2.31. The lowest BCUT2D eigenvalue weighted by molar-refractivity contribution is -0.142. The van der Waals surface area contributed by atoms with Crippen LogP contribution in [0.25, 0.3) is 0 Å². The Labute approximate surface area is 120 Å². The number of aromatic nitrogens is 1. The monoisotopic (exact) mass is 295 g/mol. The van der Waals surface area contributed by atoms with Crippen LogP contribution in [0.15, 0.2) is 29.6 Å². The van der Waals surface area contributed by atoms with Crippen LogP contribution in [0.3, 0.4) is 0 Å². The van der Waals surface area contributed by atoms with Crippen LogP contribution in [-0.2, 0) is 16.6 Å². The van der Waals surface area contributed by atoms with Crippen molar-refractivity contribution in [3.05, 3.63) is 50.9 Å². The standard InChI is InChI=1S/C14H14ClNO2S/c1-14(2,13(17)18)11-8-19-12(16-11)7-9-3-5-10(15)6-4-9/h3-6,8H,7H2,1-2H3,(H,17,18). The van der Waals surface area contributed by atoms with Crippen LogP contribution in [0.2, 0.25) is 5.02 Å². The Morgan fingerprint density at radius 2 is 2.00 bits per heavy atom. The number of hydrogen-bond donors (Lipinski definition) is 1. The first kappa shape index (κ1) is 14.0. The van der Waals surface area contributed by atoms with Crippen molar-refractivity contribution in [3.63, 3.8) is 0 Å². The quantitative estimate of drug-likeness (QED) is 0.934. The molecule has 0 radical (unpaired) electrons. The molecular formula is C14H14ClNO2S. The zero-order chi connectivity index (χ0) is 14.0. The molecule has 1 aromatic carbocycles. The van der Waals surface area contributed by atoms with Crippen LogP contribution < -0.4 is 0 Å². The summed E-state index contributed by atoms with van der Waals surface area (Å²) in [4.78, 5) is 15.6. The van der Waals surface area contributed by atoms with E-state index in [0.717, 1.165) is 10.6 Å². The summed E-state index contributed by atoms with van der Waals surface area (Å²) in [6.45, 7) is 3.33. The van der Waals surface area contributed by atoms with E-state index in [4.69, 9.17) is 11.6 Å². The number of hydrogen-bond acceptors (Lipinski definition) is 3. The zero-order valence-corrected chi connectivity index (χ0v) is 12.3. The molecule has 19 heavy (non-hydrogen) atoms. The third kappa shape index (κ3) is 3.14. The lowest BCUT2D eigenvalue weighted by Crippen LogP contribution is -2.28. The average Bonchev–Trinajstić information content (AvgIpc) is 2.81. The molecule has 0 unspecified atom stereocenters. The molecule has 0 aliphatic rings. The molecular weight excluding hydrogens is 282 g/mol. The molecule has 2 rings (SSSR count). The molecule has 0 atom stereocenters. The molecule has 0 spiro atoms. The van der Waals surface area contributed by atoms with Crippen molar-refractivity contribution >= 4 is 28.9 Å². The van der Waals surface area contributed by atoms with Crippen molar-refractivity contribution < 1.29 is 9.90 Å². The SMILES string of the molecule is CC(C)(C(=O)O)c1csc(Cc2ccc(Cl)cc2)n1. The van der Waals surface area contributed by atoms with Crippen LogP contribution in [-0.4, -0.2) is 16.1 Å². The molecule has 0 bridgehead atoms. The van der Waals surface area contributed by atoms with E-state index in [0.29, 0.717) is 17.1 Å². The topological polar surface area (TPSA) is 50.2 Å². The molecule has 2 aromatic rings. The number of nitrogens with zero attached hydrogens (tertiary/aromatic N) is 1. The minimum absolute atomic E-state index is 0.606. The van der Waals surface area contributed by atoms with Crippen LogP contribution in [0.1, 0.15) is 30.1 Å². The van der Waals surface area contributed by atoms with E-state index in [1.54, 1.807) is 13.8 Å². The Kier molecular flexibility index (Phi) is 3.92. The van der Waals surface area contributed by atoms with E-state index in [1.807, 2.05) is 29.6 Å². The Hall–Kier alpha value is -1.39. The Balaban J connectivity index is 2.18. The first-order valence-electron chi connectivity index (χ1n) is 5.82. The van der Waals surface area contributed by atoms with Crippen molar-refractivity contribution in [3.8, 4) is 0 Å². The fraction of sp³-hybridized carbons (Fsp3) is 0.286. The highest BCUT2D eigenvalue weighted by molar-refractivity contribution is 7.09. The number of aliphatic carboxylic acids is 1. The average molecular weight is 296 g/mol. The van der Waals surface area contributed by atoms with Gasteiger partial charge in [0.25, 0.3) is 0 Å². The van der Waals surface area contributed by atoms with E-state index in [9.17, 15) is 9.90 Å². The van der Waals surface area contributed by atoms with Gasteiger partial charge in [0.2, 0.25) is 0 Å². The van der Waals surface area contributed by atoms with E-state index < -0.39 is 11.4 Å². The molecule has 5 heteroatoms. The van der Waals surface area contributed by atoms with Gasteiger partial charge in [-0.15, -0.1) is 11.3 Å². The van der Waals surface area contributed by atoms with Gasteiger partial charge in [0.15, 0.2) is 0 Å². The predicted molar refractivity (Wildman–Crippen MR) is 77.0 cm³/mol. The Morgan fingerprint density at radius 1 is 1.37 bits per heavy atom. The fourth-order valence-electron chi connectivity index (χ4n) is 1.57. The van der Waals surface area contributed by atoms with E-state index in [-0.39, 0.29) is 0 Å². The summed E-state index contributed by atoms with van der Waals surface area (Å²) in [6, 6.07) is 7.58. The van der Waals surface area contributed by atoms with Crippen molar-refractivity contribution in [1.82, 2.24) is 4.98 Å². The number of carboxylic acids is 1. The lowest BCUT2D eigenvalue weighted by Gasteiger charge is -2.15. The van der Waals surface area contributed by atoms with Gasteiger partial charge in [0, 0.05) is 16.8 Å². The summed E-state index contributed by atoms with van der Waals surface area (Å²) in [7, 11) is 0. The third-order valence-corrected chi connectivity index (χ3v) is 4.10. The number of halogens is 1. The van der Waals surface area contributed by atoms with Gasteiger partial charge < -0.3 is 5.11 Å². The highest BCUT2D eigenvalue weighted by atomic mass is 35.5. The summed E-state index contributed by atoms with van der Waals surface area (Å²) < 4.78 is 0. The number of benzene rings is 1. The first-order chi connectivity index (χ1) is 8.89. The molecule has 0 saturated heterocycles. The molecule has 1 N–H and O–H groups in total. The van der Waals surface area contributed by atoms with Crippen molar-refractivity contribution in [2.45, 2.75) is 25.7 Å². The van der Waals surface area contributed by atoms with Crippen LogP contribution in [0, 0.1) is 0 Å². The predicted octanol–water partition coefficient (Wildman–Crippen LogP) is 3.75. The van der Waals surface area contributed by atoms with E-state index >= 15 is 0 Å². The zero-order valence-electron chi connectivity index (χ0n) is 10.7. The van der Waals surface area contributed by atoms with Crippen molar-refractivity contribution in [1.29, 1.82) is 0 Å². The summed E-state index contributed by atoms with van der Waals surface area (Å²) >= 11 is 7.32. The molecule has 0 saturated carbocycles. The molecule has 1 heterocycles. The minimum atomic E-state index is -0.950. The number of carboxylic acid groups (broad SMARTS) is 1. The summed E-state index contributed by atoms with van der Waals surface area (Å²) in [5.41, 5.74) is 0.766. The Morgan fingerprint density at radius 3 is 2.58 bits per heavy atom. The number of thiazole rings is 1. The molecule has 100 valence electrons. The Bertz CT molecular complexity index is 590.